The molecule has 0 aliphatic rings. The van der Waals surface area contributed by atoms with Crippen LogP contribution in [-0.2, 0) is 30.9 Å². The van der Waals surface area contributed by atoms with E-state index in [-0.39, 0.29) is 30.4 Å². The molecule has 0 saturated carbocycles. The van der Waals surface area contributed by atoms with E-state index in [1.54, 1.807) is 25.6 Å². The first-order valence-corrected chi connectivity index (χ1v) is 11.8. The number of imidazole rings is 1. The van der Waals surface area contributed by atoms with Gasteiger partial charge in [-0.05, 0) is 31.9 Å². The van der Waals surface area contributed by atoms with E-state index in [4.69, 9.17) is 4.74 Å². The van der Waals surface area contributed by atoms with Crippen LogP contribution < -0.4 is 20.9 Å². The lowest BCUT2D eigenvalue weighted by Crippen LogP contribution is -2.34. The third kappa shape index (κ3) is 6.59. The van der Waals surface area contributed by atoms with Crippen LogP contribution in [0, 0.1) is 13.8 Å². The average Bonchev–Trinajstić information content (AvgIpc) is 3.40. The van der Waals surface area contributed by atoms with Crippen molar-refractivity contribution in [3.05, 3.63) is 106 Å². The second-order valence-corrected chi connectivity index (χ2v) is 8.56. The largest absolute Gasteiger partial charge is 0.487 e. The standard InChI is InChI=1S/C27H30N6O3/c1-19-8-9-24(36-17-23-15-28-18-32-23)22(12-19)14-30-25(34)16-33-20(2)13-31-26(27(33)35)29-11-10-21-6-4-3-5-7-21/h3-9,12-13,15,18H,10-11,14,16-17H2,1-2H3,(H,28,32)(H,29,31)(H,30,34). The van der Waals surface area contributed by atoms with Crippen LogP contribution in [0.15, 0.2) is 72.0 Å². The topological polar surface area (TPSA) is 114 Å². The van der Waals surface area contributed by atoms with Crippen molar-refractivity contribution in [1.82, 2.24) is 24.8 Å². The van der Waals surface area contributed by atoms with E-state index in [0.717, 1.165) is 23.2 Å². The van der Waals surface area contributed by atoms with Gasteiger partial charge in [-0.1, -0.05) is 48.0 Å². The minimum absolute atomic E-state index is 0.100. The van der Waals surface area contributed by atoms with Crippen molar-refractivity contribution in [3.8, 4) is 5.75 Å². The van der Waals surface area contributed by atoms with Crippen molar-refractivity contribution < 1.29 is 9.53 Å². The molecular weight excluding hydrogens is 456 g/mol. The van der Waals surface area contributed by atoms with Gasteiger partial charge in [0.25, 0.3) is 5.56 Å². The summed E-state index contributed by atoms with van der Waals surface area (Å²) in [5.74, 6) is 0.637. The van der Waals surface area contributed by atoms with Crippen molar-refractivity contribution in [2.75, 3.05) is 11.9 Å². The Morgan fingerprint density at radius 3 is 2.72 bits per heavy atom. The highest BCUT2D eigenvalue weighted by Crippen LogP contribution is 2.21. The maximum absolute atomic E-state index is 13.0. The van der Waals surface area contributed by atoms with Gasteiger partial charge in [0.2, 0.25) is 5.91 Å². The summed E-state index contributed by atoms with van der Waals surface area (Å²) in [6, 6.07) is 15.8. The van der Waals surface area contributed by atoms with E-state index in [1.807, 2.05) is 55.5 Å². The molecule has 2 heterocycles. The van der Waals surface area contributed by atoms with Gasteiger partial charge in [-0.3, -0.25) is 14.2 Å². The number of amides is 1. The first-order chi connectivity index (χ1) is 17.5. The Kier molecular flexibility index (Phi) is 8.12. The molecule has 0 aliphatic heterocycles. The molecule has 3 N–H and O–H groups in total. The van der Waals surface area contributed by atoms with Crippen LogP contribution in [0.2, 0.25) is 0 Å². The van der Waals surface area contributed by atoms with Gasteiger partial charge in [0.1, 0.15) is 18.9 Å². The molecule has 0 unspecified atom stereocenters. The molecule has 0 atom stereocenters. The smallest absolute Gasteiger partial charge is 0.293 e. The second kappa shape index (κ2) is 11.8. The van der Waals surface area contributed by atoms with E-state index >= 15 is 0 Å². The average molecular weight is 487 g/mol. The lowest BCUT2D eigenvalue weighted by molar-refractivity contribution is -0.121. The van der Waals surface area contributed by atoms with Gasteiger partial charge >= 0.3 is 0 Å². The van der Waals surface area contributed by atoms with Crippen LogP contribution in [0.25, 0.3) is 0 Å². The highest BCUT2D eigenvalue weighted by molar-refractivity contribution is 5.76. The highest BCUT2D eigenvalue weighted by atomic mass is 16.5. The number of carbonyl (C=O) groups excluding carboxylic acids is 1. The monoisotopic (exact) mass is 486 g/mol. The zero-order valence-corrected chi connectivity index (χ0v) is 20.5. The molecule has 0 radical (unpaired) electrons. The Morgan fingerprint density at radius 2 is 1.94 bits per heavy atom. The molecule has 2 aromatic carbocycles. The Bertz CT molecular complexity index is 1350. The number of anilines is 1. The molecule has 0 aliphatic carbocycles. The highest BCUT2D eigenvalue weighted by Gasteiger charge is 2.13. The fourth-order valence-electron chi connectivity index (χ4n) is 3.76. The maximum Gasteiger partial charge on any atom is 0.293 e. The number of benzene rings is 2. The van der Waals surface area contributed by atoms with E-state index in [2.05, 4.69) is 25.6 Å². The number of carbonyl (C=O) groups is 1. The van der Waals surface area contributed by atoms with Crippen molar-refractivity contribution in [3.63, 3.8) is 0 Å². The van der Waals surface area contributed by atoms with Crippen molar-refractivity contribution in [2.45, 2.75) is 40.0 Å². The Morgan fingerprint density at radius 1 is 1.11 bits per heavy atom. The summed E-state index contributed by atoms with van der Waals surface area (Å²) in [5.41, 5.74) is 4.22. The number of nitrogens with zero attached hydrogens (tertiary/aromatic N) is 3. The number of hydrogen-bond donors (Lipinski definition) is 3. The number of rotatable bonds is 11. The fourth-order valence-corrected chi connectivity index (χ4v) is 3.76. The number of aryl methyl sites for hydroxylation is 2. The van der Waals surface area contributed by atoms with Crippen molar-refractivity contribution >= 4 is 11.7 Å². The third-order valence-electron chi connectivity index (χ3n) is 5.73. The van der Waals surface area contributed by atoms with Gasteiger partial charge < -0.3 is 20.4 Å². The first kappa shape index (κ1) is 24.7. The van der Waals surface area contributed by atoms with Gasteiger partial charge in [0, 0.05) is 30.5 Å². The Hall–Kier alpha value is -4.40. The maximum atomic E-state index is 13.0. The third-order valence-corrected chi connectivity index (χ3v) is 5.73. The number of ether oxygens (including phenoxy) is 1. The number of H-pyrrole nitrogens is 1. The number of aromatic nitrogens is 4. The van der Waals surface area contributed by atoms with Crippen LogP contribution in [-0.4, -0.2) is 32.0 Å². The SMILES string of the molecule is Cc1ccc(OCc2cnc[nH]2)c(CNC(=O)Cn2c(C)cnc(NCCc3ccccc3)c2=O)c1. The van der Waals surface area contributed by atoms with E-state index < -0.39 is 0 Å². The van der Waals surface area contributed by atoms with Crippen molar-refractivity contribution in [1.29, 1.82) is 0 Å². The molecule has 0 spiro atoms. The molecule has 1 amide bonds. The molecule has 4 rings (SSSR count). The lowest BCUT2D eigenvalue weighted by atomic mass is 10.1. The molecule has 0 bridgehead atoms. The van der Waals surface area contributed by atoms with Crippen LogP contribution in [0.3, 0.4) is 0 Å². The van der Waals surface area contributed by atoms with Gasteiger partial charge in [-0.2, -0.15) is 0 Å². The Labute approximate surface area is 209 Å². The first-order valence-electron chi connectivity index (χ1n) is 11.8. The lowest BCUT2D eigenvalue weighted by Gasteiger charge is -2.15. The Balaban J connectivity index is 1.36. The molecular formula is C27H30N6O3. The van der Waals surface area contributed by atoms with E-state index in [1.165, 1.54) is 10.1 Å². The van der Waals surface area contributed by atoms with Gasteiger partial charge in [0.15, 0.2) is 5.82 Å². The summed E-state index contributed by atoms with van der Waals surface area (Å²) >= 11 is 0. The predicted octanol–water partition coefficient (Wildman–Crippen LogP) is 3.13. The second-order valence-electron chi connectivity index (χ2n) is 8.56. The van der Waals surface area contributed by atoms with Crippen LogP contribution in [0.1, 0.15) is 28.1 Å². The molecule has 4 aromatic rings. The van der Waals surface area contributed by atoms with Gasteiger partial charge in [-0.25, -0.2) is 9.97 Å². The summed E-state index contributed by atoms with van der Waals surface area (Å²) in [6.45, 7) is 4.83. The summed E-state index contributed by atoms with van der Waals surface area (Å²) < 4.78 is 7.35. The minimum Gasteiger partial charge on any atom is -0.487 e. The predicted molar refractivity (Wildman–Crippen MR) is 138 cm³/mol. The molecule has 9 nitrogen and oxygen atoms in total. The van der Waals surface area contributed by atoms with Gasteiger partial charge in [-0.15, -0.1) is 0 Å². The van der Waals surface area contributed by atoms with Gasteiger partial charge in [0.05, 0.1) is 18.2 Å². The zero-order valence-electron chi connectivity index (χ0n) is 20.5. The summed E-state index contributed by atoms with van der Waals surface area (Å²) in [6.07, 6.45) is 5.66. The van der Waals surface area contributed by atoms with Crippen LogP contribution in [0.4, 0.5) is 5.82 Å². The molecule has 9 heteroatoms. The molecule has 186 valence electrons. The fraction of sp³-hybridized carbons (Fsp3) is 0.259. The summed E-state index contributed by atoms with van der Waals surface area (Å²) in [7, 11) is 0. The summed E-state index contributed by atoms with van der Waals surface area (Å²) in [4.78, 5) is 37.0. The van der Waals surface area contributed by atoms with Crippen LogP contribution >= 0.6 is 0 Å². The normalized spacial score (nSPS) is 10.7. The number of hydrogen-bond acceptors (Lipinski definition) is 6. The summed E-state index contributed by atoms with van der Waals surface area (Å²) in [5, 5.41) is 6.01. The van der Waals surface area contributed by atoms with E-state index in [9.17, 15) is 9.59 Å². The van der Waals surface area contributed by atoms with Crippen molar-refractivity contribution in [2.24, 2.45) is 0 Å². The van der Waals surface area contributed by atoms with E-state index in [0.29, 0.717) is 24.6 Å². The number of nitrogens with one attached hydrogen (secondary N) is 3. The number of aromatic amines is 1. The van der Waals surface area contributed by atoms with Crippen LogP contribution in [0.5, 0.6) is 5.75 Å². The molecule has 0 fully saturated rings. The molecule has 2 aromatic heterocycles. The molecule has 36 heavy (non-hydrogen) atoms. The zero-order chi connectivity index (χ0) is 25.3. The molecule has 0 saturated heterocycles. The minimum atomic E-state index is -0.322. The quantitative estimate of drug-likeness (QED) is 0.300.